The molecule has 0 saturated heterocycles. The van der Waals surface area contributed by atoms with Gasteiger partial charge in [0.25, 0.3) is 5.22 Å². The van der Waals surface area contributed by atoms with Crippen molar-refractivity contribution in [3.05, 3.63) is 35.2 Å². The van der Waals surface area contributed by atoms with E-state index in [2.05, 4.69) is 15.4 Å². The molecule has 0 atom stereocenters. The maximum absolute atomic E-state index is 8.78. The average molecular weight is 264 g/mol. The summed E-state index contributed by atoms with van der Waals surface area (Å²) in [5.74, 6) is 0.550. The third-order valence-electron chi connectivity index (χ3n) is 2.29. The van der Waals surface area contributed by atoms with Crippen LogP contribution in [0.15, 0.2) is 37.9 Å². The minimum atomic E-state index is 0.0532. The largest absolute Gasteiger partial charge is 0.416 e. The normalized spacial score (nSPS) is 11.8. The summed E-state index contributed by atoms with van der Waals surface area (Å²) in [4.78, 5) is 0.830. The van der Waals surface area contributed by atoms with E-state index in [9.17, 15) is 0 Å². The zero-order valence-electron chi connectivity index (χ0n) is 9.91. The van der Waals surface area contributed by atoms with Gasteiger partial charge in [-0.15, -0.1) is 10.2 Å². The van der Waals surface area contributed by atoms with Crippen LogP contribution in [0.25, 0.3) is 0 Å². The number of aromatic nitrogens is 2. The summed E-state index contributed by atoms with van der Waals surface area (Å²) < 4.78 is 5.31. The Morgan fingerprint density at radius 1 is 1.39 bits per heavy atom. The van der Waals surface area contributed by atoms with E-state index in [1.807, 2.05) is 19.1 Å². The number of oxime groups is 1. The quantitative estimate of drug-likeness (QED) is 0.380. The molecule has 1 heterocycles. The molecule has 0 amide bonds. The van der Waals surface area contributed by atoms with E-state index in [0.717, 1.165) is 10.5 Å². The van der Waals surface area contributed by atoms with Crippen molar-refractivity contribution in [1.29, 1.82) is 0 Å². The number of nitrogens with two attached hydrogens (primary N) is 1. The van der Waals surface area contributed by atoms with Crippen LogP contribution >= 0.6 is 11.8 Å². The molecule has 2 rings (SSSR count). The number of rotatable bonds is 3. The minimum Gasteiger partial charge on any atom is -0.416 e. The lowest BCUT2D eigenvalue weighted by Crippen LogP contribution is -2.14. The molecule has 0 radical (unpaired) electrons. The number of amidine groups is 1. The zero-order valence-corrected chi connectivity index (χ0v) is 10.7. The van der Waals surface area contributed by atoms with Crippen molar-refractivity contribution < 1.29 is 9.62 Å². The zero-order chi connectivity index (χ0) is 13.1. The van der Waals surface area contributed by atoms with Crippen molar-refractivity contribution in [1.82, 2.24) is 10.2 Å². The molecule has 0 saturated carbocycles. The highest BCUT2D eigenvalue weighted by Crippen LogP contribution is 2.32. The van der Waals surface area contributed by atoms with Crippen molar-refractivity contribution in [2.45, 2.75) is 24.0 Å². The highest BCUT2D eigenvalue weighted by atomic mass is 32.2. The smallest absolute Gasteiger partial charge is 0.281 e. The molecule has 0 spiro atoms. The first-order chi connectivity index (χ1) is 8.61. The van der Waals surface area contributed by atoms with Gasteiger partial charge >= 0.3 is 0 Å². The van der Waals surface area contributed by atoms with Gasteiger partial charge in [0.05, 0.1) is 0 Å². The molecule has 7 heteroatoms. The highest BCUT2D eigenvalue weighted by Gasteiger charge is 2.14. The summed E-state index contributed by atoms with van der Waals surface area (Å²) >= 11 is 1.29. The molecule has 94 valence electrons. The van der Waals surface area contributed by atoms with Crippen LogP contribution in [0.2, 0.25) is 0 Å². The molecule has 6 nitrogen and oxygen atoms in total. The maximum Gasteiger partial charge on any atom is 0.281 e. The first-order valence-corrected chi connectivity index (χ1v) is 5.99. The van der Waals surface area contributed by atoms with E-state index in [-0.39, 0.29) is 5.84 Å². The van der Waals surface area contributed by atoms with Crippen LogP contribution in [0.1, 0.15) is 17.0 Å². The maximum atomic E-state index is 8.78. The lowest BCUT2D eigenvalue weighted by molar-refractivity contribution is 0.318. The Kier molecular flexibility index (Phi) is 3.52. The van der Waals surface area contributed by atoms with Crippen molar-refractivity contribution in [3.63, 3.8) is 0 Å². The van der Waals surface area contributed by atoms with E-state index in [1.165, 1.54) is 11.8 Å². The van der Waals surface area contributed by atoms with Gasteiger partial charge in [0.1, 0.15) is 0 Å². The SMILES string of the molecule is Cc1nnc(Sc2c(C)cccc2/C(N)=N/O)o1. The van der Waals surface area contributed by atoms with E-state index in [4.69, 9.17) is 15.4 Å². The Bertz CT molecular complexity index is 594. The fourth-order valence-corrected chi connectivity index (χ4v) is 2.38. The summed E-state index contributed by atoms with van der Waals surface area (Å²) in [6.07, 6.45) is 0. The lowest BCUT2D eigenvalue weighted by Gasteiger charge is -2.08. The van der Waals surface area contributed by atoms with Gasteiger partial charge in [-0.25, -0.2) is 0 Å². The molecule has 0 fully saturated rings. The Balaban J connectivity index is 2.43. The molecule has 0 aliphatic heterocycles. The predicted octanol–water partition coefficient (Wildman–Crippen LogP) is 1.93. The molecular weight excluding hydrogens is 252 g/mol. The van der Waals surface area contributed by atoms with Gasteiger partial charge in [-0.2, -0.15) is 0 Å². The number of hydrogen-bond acceptors (Lipinski definition) is 6. The molecule has 2 aromatic rings. The number of aryl methyl sites for hydroxylation is 2. The lowest BCUT2D eigenvalue weighted by atomic mass is 10.1. The second-order valence-electron chi connectivity index (χ2n) is 3.63. The van der Waals surface area contributed by atoms with Gasteiger partial charge in [0.15, 0.2) is 5.84 Å². The van der Waals surface area contributed by atoms with Crippen molar-refractivity contribution in [2.75, 3.05) is 0 Å². The first kappa shape index (κ1) is 12.4. The van der Waals surface area contributed by atoms with Gasteiger partial charge in [0.2, 0.25) is 5.89 Å². The van der Waals surface area contributed by atoms with Gasteiger partial charge in [-0.05, 0) is 30.3 Å². The Labute approximate surface area is 108 Å². The first-order valence-electron chi connectivity index (χ1n) is 5.17. The summed E-state index contributed by atoms with van der Waals surface area (Å²) in [6.45, 7) is 3.65. The molecule has 18 heavy (non-hydrogen) atoms. The van der Waals surface area contributed by atoms with Gasteiger partial charge in [0, 0.05) is 17.4 Å². The third-order valence-corrected chi connectivity index (χ3v) is 3.38. The summed E-state index contributed by atoms with van der Waals surface area (Å²) in [5, 5.41) is 19.9. The van der Waals surface area contributed by atoms with Crippen LogP contribution in [-0.2, 0) is 0 Å². The standard InChI is InChI=1S/C11H12N4O2S/c1-6-4-3-5-8(10(12)15-16)9(6)18-11-14-13-7(2)17-11/h3-5,16H,1-2H3,(H2,12,15). The van der Waals surface area contributed by atoms with E-state index in [1.54, 1.807) is 13.0 Å². The van der Waals surface area contributed by atoms with Crippen molar-refractivity contribution in [3.8, 4) is 0 Å². The molecule has 3 N–H and O–H groups in total. The Morgan fingerprint density at radius 2 is 2.17 bits per heavy atom. The Morgan fingerprint density at radius 3 is 2.78 bits per heavy atom. The number of benzene rings is 1. The van der Waals surface area contributed by atoms with Crippen molar-refractivity contribution in [2.24, 2.45) is 10.9 Å². The second kappa shape index (κ2) is 5.09. The minimum absolute atomic E-state index is 0.0532. The van der Waals surface area contributed by atoms with Crippen LogP contribution in [0.5, 0.6) is 0 Å². The molecule has 0 aliphatic carbocycles. The monoisotopic (exact) mass is 264 g/mol. The highest BCUT2D eigenvalue weighted by molar-refractivity contribution is 7.99. The summed E-state index contributed by atoms with van der Waals surface area (Å²) in [6, 6.07) is 5.54. The van der Waals surface area contributed by atoms with E-state index in [0.29, 0.717) is 16.7 Å². The second-order valence-corrected chi connectivity index (χ2v) is 4.59. The number of nitrogens with zero attached hydrogens (tertiary/aromatic N) is 3. The van der Waals surface area contributed by atoms with Crippen LogP contribution in [0.4, 0.5) is 0 Å². The fraction of sp³-hybridized carbons (Fsp3) is 0.182. The van der Waals surface area contributed by atoms with E-state index < -0.39 is 0 Å². The van der Waals surface area contributed by atoms with Crippen LogP contribution in [-0.4, -0.2) is 21.2 Å². The Hall–Kier alpha value is -2.02. The van der Waals surface area contributed by atoms with Gasteiger partial charge < -0.3 is 15.4 Å². The molecule has 0 bridgehead atoms. The summed E-state index contributed by atoms with van der Waals surface area (Å²) in [7, 11) is 0. The van der Waals surface area contributed by atoms with Crippen LogP contribution in [0.3, 0.4) is 0 Å². The van der Waals surface area contributed by atoms with Gasteiger partial charge in [-0.3, -0.25) is 0 Å². The van der Waals surface area contributed by atoms with Gasteiger partial charge in [-0.1, -0.05) is 17.3 Å². The van der Waals surface area contributed by atoms with Crippen LogP contribution < -0.4 is 5.73 Å². The molecule has 1 aromatic carbocycles. The fourth-order valence-electron chi connectivity index (χ4n) is 1.45. The van der Waals surface area contributed by atoms with E-state index >= 15 is 0 Å². The molecule has 0 unspecified atom stereocenters. The average Bonchev–Trinajstić information content (AvgIpc) is 2.76. The third kappa shape index (κ3) is 2.45. The number of hydrogen-bond donors (Lipinski definition) is 2. The molecular formula is C11H12N4O2S. The van der Waals surface area contributed by atoms with Crippen LogP contribution in [0, 0.1) is 13.8 Å². The summed E-state index contributed by atoms with van der Waals surface area (Å²) in [5.41, 5.74) is 7.27. The molecule has 0 aliphatic rings. The molecule has 1 aromatic heterocycles. The van der Waals surface area contributed by atoms with Crippen molar-refractivity contribution >= 4 is 17.6 Å². The predicted molar refractivity (Wildman–Crippen MR) is 66.8 cm³/mol. The topological polar surface area (TPSA) is 97.5 Å².